The molecule has 98 valence electrons. The minimum atomic E-state index is -1.09. The first-order valence-electron chi connectivity index (χ1n) is 6.30. The molecule has 1 fully saturated rings. The van der Waals surface area contributed by atoms with Crippen LogP contribution in [-0.2, 0) is 19.1 Å². The maximum Gasteiger partial charge on any atom is 0.323 e. The fourth-order valence-electron chi connectivity index (χ4n) is 2.95. The predicted molar refractivity (Wildman–Crippen MR) is 63.3 cm³/mol. The van der Waals surface area contributed by atoms with Crippen LogP contribution in [0.2, 0.25) is 0 Å². The number of rotatable bonds is 4. The molecule has 0 unspecified atom stereocenters. The van der Waals surface area contributed by atoms with Crippen molar-refractivity contribution in [3.05, 3.63) is 0 Å². The highest BCUT2D eigenvalue weighted by atomic mass is 16.5. The Hall–Kier alpha value is -1.06. The number of hydrogen-bond donors (Lipinski definition) is 0. The fourth-order valence-corrected chi connectivity index (χ4v) is 2.95. The van der Waals surface area contributed by atoms with Crippen molar-refractivity contribution in [2.24, 2.45) is 11.3 Å². The second kappa shape index (κ2) is 6.03. The molecule has 4 heteroatoms. The van der Waals surface area contributed by atoms with Gasteiger partial charge in [0, 0.05) is 0 Å². The Morgan fingerprint density at radius 2 is 1.53 bits per heavy atom. The molecule has 1 saturated carbocycles. The Kier molecular flexibility index (Phi) is 4.97. The Balaban J connectivity index is 3.04. The van der Waals surface area contributed by atoms with Crippen molar-refractivity contribution in [1.29, 1.82) is 0 Å². The lowest BCUT2D eigenvalue weighted by molar-refractivity contribution is -0.175. The van der Waals surface area contributed by atoms with Gasteiger partial charge in [-0.1, -0.05) is 26.2 Å². The van der Waals surface area contributed by atoms with E-state index in [2.05, 4.69) is 0 Å². The first-order valence-corrected chi connectivity index (χ1v) is 6.30. The van der Waals surface area contributed by atoms with Crippen molar-refractivity contribution >= 4 is 11.9 Å². The summed E-state index contributed by atoms with van der Waals surface area (Å²) in [6, 6.07) is 0. The molecule has 4 nitrogen and oxygen atoms in total. The monoisotopic (exact) mass is 242 g/mol. The number of methoxy groups -OCH3 is 2. The molecule has 17 heavy (non-hydrogen) atoms. The third kappa shape index (κ3) is 2.45. The van der Waals surface area contributed by atoms with Crippen LogP contribution in [0, 0.1) is 11.3 Å². The van der Waals surface area contributed by atoms with Gasteiger partial charge >= 0.3 is 11.9 Å². The van der Waals surface area contributed by atoms with Crippen molar-refractivity contribution in [1.82, 2.24) is 0 Å². The van der Waals surface area contributed by atoms with E-state index in [0.29, 0.717) is 6.42 Å². The van der Waals surface area contributed by atoms with Gasteiger partial charge in [-0.05, 0) is 25.2 Å². The first-order chi connectivity index (χ1) is 8.13. The SMILES string of the molecule is CCC(C(=O)OC)(C(=O)OC)C1CCCCC1. The maximum atomic E-state index is 12.0. The molecule has 0 N–H and O–H groups in total. The van der Waals surface area contributed by atoms with Crippen LogP contribution in [0.5, 0.6) is 0 Å². The van der Waals surface area contributed by atoms with Crippen molar-refractivity contribution in [2.75, 3.05) is 14.2 Å². The van der Waals surface area contributed by atoms with Crippen LogP contribution in [0.4, 0.5) is 0 Å². The second-order valence-corrected chi connectivity index (χ2v) is 4.64. The summed E-state index contributed by atoms with van der Waals surface area (Å²) in [6.45, 7) is 1.85. The minimum Gasteiger partial charge on any atom is -0.468 e. The lowest BCUT2D eigenvalue weighted by atomic mass is 9.67. The smallest absolute Gasteiger partial charge is 0.323 e. The van der Waals surface area contributed by atoms with Gasteiger partial charge in [0.2, 0.25) is 0 Å². The average Bonchev–Trinajstić information content (AvgIpc) is 2.40. The molecule has 0 heterocycles. The normalized spacial score (nSPS) is 17.6. The molecular formula is C13H22O4. The molecule has 0 amide bonds. The standard InChI is InChI=1S/C13H22O4/c1-4-13(11(14)16-2,12(15)17-3)10-8-6-5-7-9-10/h10H,4-9H2,1-3H3. The maximum absolute atomic E-state index is 12.0. The average molecular weight is 242 g/mol. The zero-order valence-corrected chi connectivity index (χ0v) is 11.0. The van der Waals surface area contributed by atoms with E-state index in [4.69, 9.17) is 9.47 Å². The molecule has 0 aromatic heterocycles. The third-order valence-electron chi connectivity index (χ3n) is 3.96. The van der Waals surface area contributed by atoms with Crippen LogP contribution in [0.25, 0.3) is 0 Å². The van der Waals surface area contributed by atoms with Gasteiger partial charge in [-0.2, -0.15) is 0 Å². The molecule has 0 aliphatic heterocycles. The number of esters is 2. The van der Waals surface area contributed by atoms with E-state index in [1.165, 1.54) is 20.6 Å². The molecule has 0 spiro atoms. The van der Waals surface area contributed by atoms with Gasteiger partial charge in [0.1, 0.15) is 0 Å². The second-order valence-electron chi connectivity index (χ2n) is 4.64. The lowest BCUT2D eigenvalue weighted by Gasteiger charge is -2.37. The Labute approximate surface area is 103 Å². The third-order valence-corrected chi connectivity index (χ3v) is 3.96. The molecule has 0 radical (unpaired) electrons. The van der Waals surface area contributed by atoms with Crippen LogP contribution >= 0.6 is 0 Å². The Bertz CT molecular complexity index is 263. The molecular weight excluding hydrogens is 220 g/mol. The van der Waals surface area contributed by atoms with Gasteiger partial charge in [0.25, 0.3) is 0 Å². The summed E-state index contributed by atoms with van der Waals surface area (Å²) in [4.78, 5) is 24.1. The van der Waals surface area contributed by atoms with E-state index in [0.717, 1.165) is 25.7 Å². The van der Waals surface area contributed by atoms with E-state index < -0.39 is 17.4 Å². The summed E-state index contributed by atoms with van der Waals surface area (Å²) in [5, 5.41) is 0. The number of carbonyl (C=O) groups excluding carboxylic acids is 2. The van der Waals surface area contributed by atoms with Gasteiger partial charge in [-0.25, -0.2) is 0 Å². The molecule has 1 aliphatic rings. The van der Waals surface area contributed by atoms with Gasteiger partial charge in [0.05, 0.1) is 14.2 Å². The Morgan fingerprint density at radius 1 is 1.06 bits per heavy atom. The van der Waals surface area contributed by atoms with Gasteiger partial charge < -0.3 is 9.47 Å². The molecule has 1 aliphatic carbocycles. The van der Waals surface area contributed by atoms with E-state index >= 15 is 0 Å². The first kappa shape index (κ1) is 14.0. The molecule has 0 atom stereocenters. The van der Waals surface area contributed by atoms with Gasteiger partial charge in [0.15, 0.2) is 5.41 Å². The van der Waals surface area contributed by atoms with E-state index in [1.54, 1.807) is 0 Å². The largest absolute Gasteiger partial charge is 0.468 e. The predicted octanol–water partition coefficient (Wildman–Crippen LogP) is 2.31. The van der Waals surface area contributed by atoms with Crippen LogP contribution in [-0.4, -0.2) is 26.2 Å². The topological polar surface area (TPSA) is 52.6 Å². The summed E-state index contributed by atoms with van der Waals surface area (Å²) in [6.07, 6.45) is 5.56. The highest BCUT2D eigenvalue weighted by Gasteiger charge is 2.52. The number of ether oxygens (including phenoxy) is 2. The molecule has 0 aromatic rings. The van der Waals surface area contributed by atoms with Crippen molar-refractivity contribution in [3.63, 3.8) is 0 Å². The quantitative estimate of drug-likeness (QED) is 0.560. The van der Waals surface area contributed by atoms with Crippen LogP contribution in [0.15, 0.2) is 0 Å². The molecule has 0 bridgehead atoms. The van der Waals surface area contributed by atoms with Crippen LogP contribution in [0.1, 0.15) is 45.4 Å². The van der Waals surface area contributed by atoms with Crippen molar-refractivity contribution in [2.45, 2.75) is 45.4 Å². The molecule has 0 saturated heterocycles. The summed E-state index contributed by atoms with van der Waals surface area (Å²) < 4.78 is 9.69. The zero-order chi connectivity index (χ0) is 12.9. The van der Waals surface area contributed by atoms with Gasteiger partial charge in [-0.15, -0.1) is 0 Å². The number of hydrogen-bond acceptors (Lipinski definition) is 4. The van der Waals surface area contributed by atoms with Crippen molar-refractivity contribution < 1.29 is 19.1 Å². The lowest BCUT2D eigenvalue weighted by Crippen LogP contribution is -2.47. The molecule has 0 aromatic carbocycles. The van der Waals surface area contributed by atoms with E-state index in [-0.39, 0.29) is 5.92 Å². The van der Waals surface area contributed by atoms with E-state index in [1.807, 2.05) is 6.92 Å². The summed E-state index contributed by atoms with van der Waals surface area (Å²) in [5.41, 5.74) is -1.09. The minimum absolute atomic E-state index is 0.0566. The summed E-state index contributed by atoms with van der Waals surface area (Å²) in [5.74, 6) is -0.835. The van der Waals surface area contributed by atoms with Crippen LogP contribution < -0.4 is 0 Å². The molecule has 1 rings (SSSR count). The zero-order valence-electron chi connectivity index (χ0n) is 11.0. The summed E-state index contributed by atoms with van der Waals surface area (Å²) >= 11 is 0. The van der Waals surface area contributed by atoms with Crippen molar-refractivity contribution in [3.8, 4) is 0 Å². The Morgan fingerprint density at radius 3 is 1.88 bits per heavy atom. The van der Waals surface area contributed by atoms with E-state index in [9.17, 15) is 9.59 Å². The highest BCUT2D eigenvalue weighted by molar-refractivity contribution is 6.00. The van der Waals surface area contributed by atoms with Gasteiger partial charge in [-0.3, -0.25) is 9.59 Å². The summed E-state index contributed by atoms with van der Waals surface area (Å²) in [7, 11) is 2.66. The number of carbonyl (C=O) groups is 2. The van der Waals surface area contributed by atoms with Crippen LogP contribution in [0.3, 0.4) is 0 Å². The fraction of sp³-hybridized carbons (Fsp3) is 0.846. The highest BCUT2D eigenvalue weighted by Crippen LogP contribution is 2.43.